The molecule has 2 amide bonds. The molecule has 11 nitrogen and oxygen atoms in total. The van der Waals surface area contributed by atoms with Crippen molar-refractivity contribution in [3.8, 4) is 11.8 Å². The van der Waals surface area contributed by atoms with Crippen molar-refractivity contribution in [3.05, 3.63) is 65.9 Å². The van der Waals surface area contributed by atoms with Gasteiger partial charge in [-0.3, -0.25) is 4.79 Å². The lowest BCUT2D eigenvalue weighted by Gasteiger charge is -2.27. The van der Waals surface area contributed by atoms with Gasteiger partial charge in [-0.1, -0.05) is 18.2 Å². The molecule has 3 aromatic rings. The highest BCUT2D eigenvalue weighted by atomic mass is 32.2. The molecule has 1 saturated heterocycles. The molecule has 226 valence electrons. The Kier molecular flexibility index (Phi) is 7.59. The predicted molar refractivity (Wildman–Crippen MR) is 148 cm³/mol. The van der Waals surface area contributed by atoms with E-state index in [-0.39, 0.29) is 18.9 Å². The number of sulfone groups is 1. The summed E-state index contributed by atoms with van der Waals surface area (Å²) in [4.78, 5) is 25.0. The third kappa shape index (κ3) is 6.14. The minimum Gasteiger partial charge on any atom is -0.425 e. The summed E-state index contributed by atoms with van der Waals surface area (Å²) in [6.45, 7) is 2.71. The molecule has 2 fully saturated rings. The molecule has 15 heteroatoms. The zero-order valence-electron chi connectivity index (χ0n) is 23.1. The van der Waals surface area contributed by atoms with Crippen molar-refractivity contribution in [2.75, 3.05) is 16.8 Å². The number of benzene rings is 2. The number of hydrogen-bond donors (Lipinski definition) is 2. The summed E-state index contributed by atoms with van der Waals surface area (Å²) >= 11 is 0. The van der Waals surface area contributed by atoms with Crippen LogP contribution >= 0.6 is 0 Å². The van der Waals surface area contributed by atoms with Crippen LogP contribution in [0.4, 0.5) is 29.5 Å². The number of nitrogens with zero attached hydrogens (tertiary/aromatic N) is 4. The normalized spacial score (nSPS) is 19.4. The first-order chi connectivity index (χ1) is 20.2. The number of amides is 2. The van der Waals surface area contributed by atoms with Gasteiger partial charge in [0.25, 0.3) is 0 Å². The quantitative estimate of drug-likeness (QED) is 0.399. The minimum atomic E-state index is -4.91. The number of alkyl halides is 3. The first kappa shape index (κ1) is 29.9. The molecule has 1 aliphatic heterocycles. The highest BCUT2D eigenvalue weighted by Crippen LogP contribution is 2.40. The molecule has 1 saturated carbocycles. The molecule has 2 atom stereocenters. The summed E-state index contributed by atoms with van der Waals surface area (Å²) in [5.41, 5.74) is -0.900. The first-order valence-corrected chi connectivity index (χ1v) is 14.8. The van der Waals surface area contributed by atoms with E-state index in [1.807, 2.05) is 6.07 Å². The Morgan fingerprint density at radius 1 is 1.14 bits per heavy atom. The maximum atomic E-state index is 13.8. The van der Waals surface area contributed by atoms with Gasteiger partial charge in [0, 0.05) is 31.6 Å². The summed E-state index contributed by atoms with van der Waals surface area (Å²) in [7, 11) is -4.58. The molecular weight excluding hydrogens is 589 g/mol. The number of nitrogens with one attached hydrogen (secondary N) is 2. The zero-order valence-corrected chi connectivity index (χ0v) is 23.9. The summed E-state index contributed by atoms with van der Waals surface area (Å²) in [6.07, 6.45) is -6.61. The van der Waals surface area contributed by atoms with E-state index in [2.05, 4.69) is 15.7 Å². The van der Waals surface area contributed by atoms with Gasteiger partial charge in [0.05, 0.1) is 33.2 Å². The Morgan fingerprint density at radius 3 is 2.51 bits per heavy atom. The standard InChI is InChI=1S/C28H27F3N6O5S/c1-17-12-24(37(35-17)20-7-5-6-19(13-20)33-18(2)38)36-15-21(14-25(36)42-26(39)34-27(16-32)10-11-27)43(40,41)23-9-4-3-8-22(23)28(29,30)31/h3-9,12-13,21,25H,10-11,14-15H2,1-2H3,(H,33,38)(H,34,39)/t21-,25-/m1/s1. The number of carbonyl (C=O) groups excluding carboxylic acids is 2. The molecule has 0 unspecified atom stereocenters. The number of nitriles is 1. The van der Waals surface area contributed by atoms with Gasteiger partial charge in [-0.15, -0.1) is 0 Å². The van der Waals surface area contributed by atoms with Gasteiger partial charge in [0.1, 0.15) is 11.4 Å². The van der Waals surface area contributed by atoms with E-state index in [9.17, 15) is 36.4 Å². The van der Waals surface area contributed by atoms with Crippen LogP contribution < -0.4 is 15.5 Å². The second-order valence-electron chi connectivity index (χ2n) is 10.5. The number of halogens is 3. The van der Waals surface area contributed by atoms with Crippen LogP contribution in [0.5, 0.6) is 0 Å². The number of aromatic nitrogens is 2. The zero-order chi connectivity index (χ0) is 31.2. The topological polar surface area (TPSA) is 146 Å². The number of rotatable bonds is 7. The van der Waals surface area contributed by atoms with Crippen molar-refractivity contribution >= 4 is 33.3 Å². The molecule has 0 spiro atoms. The fourth-order valence-corrected chi connectivity index (χ4v) is 6.90. The lowest BCUT2D eigenvalue weighted by molar-refractivity contribution is -0.139. The smallest absolute Gasteiger partial charge is 0.417 e. The largest absolute Gasteiger partial charge is 0.425 e. The van der Waals surface area contributed by atoms with Crippen molar-refractivity contribution in [1.29, 1.82) is 5.26 Å². The molecule has 2 aromatic carbocycles. The number of aryl methyl sites for hydroxylation is 1. The molecule has 0 radical (unpaired) electrons. The van der Waals surface area contributed by atoms with Gasteiger partial charge in [0.15, 0.2) is 16.1 Å². The SMILES string of the molecule is CC(=O)Nc1cccc(-n2nc(C)cc2N2C[C@H](S(=O)(=O)c3ccccc3C(F)(F)F)C[C@H]2OC(=O)NC2(C#N)CC2)c1. The van der Waals surface area contributed by atoms with E-state index in [0.717, 1.165) is 12.1 Å². The third-order valence-corrected chi connectivity index (χ3v) is 9.41. The Morgan fingerprint density at radius 2 is 1.86 bits per heavy atom. The van der Waals surface area contributed by atoms with Crippen LogP contribution in [-0.4, -0.2) is 53.8 Å². The number of ether oxygens (including phenoxy) is 1. The van der Waals surface area contributed by atoms with E-state index in [0.29, 0.717) is 41.8 Å². The van der Waals surface area contributed by atoms with E-state index in [4.69, 9.17) is 4.74 Å². The molecule has 2 N–H and O–H groups in total. The van der Waals surface area contributed by atoms with E-state index < -0.39 is 49.6 Å². The minimum absolute atomic E-state index is 0.300. The second-order valence-corrected chi connectivity index (χ2v) is 12.7. The van der Waals surface area contributed by atoms with Gasteiger partial charge in [-0.25, -0.2) is 17.9 Å². The van der Waals surface area contributed by atoms with Crippen molar-refractivity contribution in [2.45, 2.75) is 61.2 Å². The van der Waals surface area contributed by atoms with Crippen LogP contribution in [0.3, 0.4) is 0 Å². The highest BCUT2D eigenvalue weighted by molar-refractivity contribution is 7.92. The van der Waals surface area contributed by atoms with Crippen LogP contribution in [-0.2, 0) is 25.5 Å². The number of anilines is 2. The Balaban J connectivity index is 1.54. The number of hydrogen-bond acceptors (Lipinski definition) is 8. The highest BCUT2D eigenvalue weighted by Gasteiger charge is 2.49. The lowest BCUT2D eigenvalue weighted by Crippen LogP contribution is -2.42. The molecule has 43 heavy (non-hydrogen) atoms. The lowest BCUT2D eigenvalue weighted by atomic mass is 10.2. The summed E-state index contributed by atoms with van der Waals surface area (Å²) in [6, 6.07) is 14.2. The molecule has 1 aliphatic carbocycles. The van der Waals surface area contributed by atoms with Gasteiger partial charge < -0.3 is 20.3 Å². The Labute approximate surface area is 245 Å². The first-order valence-electron chi connectivity index (χ1n) is 13.2. The maximum absolute atomic E-state index is 13.8. The van der Waals surface area contributed by atoms with Gasteiger partial charge in [-0.05, 0) is 50.1 Å². The van der Waals surface area contributed by atoms with Crippen LogP contribution in [0.2, 0.25) is 0 Å². The molecule has 0 bridgehead atoms. The maximum Gasteiger partial charge on any atom is 0.417 e. The van der Waals surface area contributed by atoms with Gasteiger partial charge in [-0.2, -0.15) is 23.5 Å². The summed E-state index contributed by atoms with van der Waals surface area (Å²) < 4.78 is 75.9. The predicted octanol–water partition coefficient (Wildman–Crippen LogP) is 4.32. The van der Waals surface area contributed by atoms with Gasteiger partial charge in [0.2, 0.25) is 5.91 Å². The molecule has 5 rings (SSSR count). The van der Waals surface area contributed by atoms with Crippen LogP contribution in [0.15, 0.2) is 59.5 Å². The molecule has 1 aromatic heterocycles. The van der Waals surface area contributed by atoms with Crippen LogP contribution in [0, 0.1) is 18.3 Å². The number of alkyl carbamates (subject to hydrolysis) is 1. The van der Waals surface area contributed by atoms with Crippen molar-refractivity contribution in [2.24, 2.45) is 0 Å². The average Bonchev–Trinajstić information content (AvgIpc) is 3.40. The summed E-state index contributed by atoms with van der Waals surface area (Å²) in [5.74, 6) is 0.00419. The fraction of sp³-hybridized carbons (Fsp3) is 0.357. The third-order valence-electron chi connectivity index (χ3n) is 7.22. The molecule has 2 aliphatic rings. The monoisotopic (exact) mass is 616 g/mol. The van der Waals surface area contributed by atoms with E-state index in [1.54, 1.807) is 37.3 Å². The van der Waals surface area contributed by atoms with E-state index >= 15 is 0 Å². The molecule has 2 heterocycles. The molecular formula is C28H27F3N6O5S. The van der Waals surface area contributed by atoms with Crippen LogP contribution in [0.1, 0.15) is 37.4 Å². The van der Waals surface area contributed by atoms with E-state index in [1.165, 1.54) is 22.6 Å². The number of carbonyl (C=O) groups is 2. The Hall–Kier alpha value is -4.58. The fourth-order valence-electron chi connectivity index (χ4n) is 5.01. The average molecular weight is 617 g/mol. The van der Waals surface area contributed by atoms with Crippen molar-refractivity contribution < 1.29 is 35.9 Å². The van der Waals surface area contributed by atoms with Gasteiger partial charge >= 0.3 is 12.3 Å². The van der Waals surface area contributed by atoms with Crippen molar-refractivity contribution in [3.63, 3.8) is 0 Å². The van der Waals surface area contributed by atoms with Crippen molar-refractivity contribution in [1.82, 2.24) is 15.1 Å². The second kappa shape index (κ2) is 10.9. The Bertz CT molecular complexity index is 1730. The van der Waals surface area contributed by atoms with Crippen LogP contribution in [0.25, 0.3) is 5.69 Å². The summed E-state index contributed by atoms with van der Waals surface area (Å²) in [5, 5.41) is 17.6.